The van der Waals surface area contributed by atoms with Crippen LogP contribution in [0.3, 0.4) is 0 Å². The first-order valence-corrected chi connectivity index (χ1v) is 7.15. The molecule has 1 unspecified atom stereocenters. The van der Waals surface area contributed by atoms with E-state index in [0.29, 0.717) is 23.6 Å². The minimum atomic E-state index is -1.07. The van der Waals surface area contributed by atoms with Crippen molar-refractivity contribution in [2.24, 2.45) is 0 Å². The van der Waals surface area contributed by atoms with Crippen LogP contribution in [0.4, 0.5) is 0 Å². The lowest BCUT2D eigenvalue weighted by Gasteiger charge is -2.11. The van der Waals surface area contributed by atoms with Crippen molar-refractivity contribution in [1.82, 2.24) is 10.5 Å². The number of carbonyl (C=O) groups excluding carboxylic acids is 1. The fourth-order valence-corrected chi connectivity index (χ4v) is 2.04. The summed E-state index contributed by atoms with van der Waals surface area (Å²) in [6.45, 7) is 1.84. The van der Waals surface area contributed by atoms with Crippen LogP contribution in [0.25, 0.3) is 11.3 Å². The number of carboxylic acids is 1. The molecule has 2 rings (SSSR count). The van der Waals surface area contributed by atoms with Gasteiger partial charge in [0.1, 0.15) is 6.04 Å². The topological polar surface area (TPSA) is 92.4 Å². The summed E-state index contributed by atoms with van der Waals surface area (Å²) in [6.07, 6.45) is 0.995. The van der Waals surface area contributed by atoms with Crippen LogP contribution < -0.4 is 5.32 Å². The molecule has 1 aromatic heterocycles. The molecule has 1 aromatic carbocycles. The molecule has 22 heavy (non-hydrogen) atoms. The minimum absolute atomic E-state index is 0.0345. The first kappa shape index (κ1) is 16.0. The highest BCUT2D eigenvalue weighted by Gasteiger charge is 2.22. The van der Waals surface area contributed by atoms with E-state index in [4.69, 9.17) is 21.2 Å². The molecule has 0 aliphatic rings. The zero-order valence-electron chi connectivity index (χ0n) is 11.9. The summed E-state index contributed by atoms with van der Waals surface area (Å²) in [5.74, 6) is -1.24. The summed E-state index contributed by atoms with van der Waals surface area (Å²) in [4.78, 5) is 23.1. The third-order valence-corrected chi connectivity index (χ3v) is 3.30. The maximum Gasteiger partial charge on any atom is 0.326 e. The molecule has 116 valence electrons. The summed E-state index contributed by atoms with van der Waals surface area (Å²) < 4.78 is 5.11. The van der Waals surface area contributed by atoms with Gasteiger partial charge in [-0.3, -0.25) is 4.79 Å². The van der Waals surface area contributed by atoms with E-state index in [2.05, 4.69) is 10.5 Å². The van der Waals surface area contributed by atoms with Crippen LogP contribution in [0.1, 0.15) is 30.3 Å². The molecule has 0 bridgehead atoms. The lowest BCUT2D eigenvalue weighted by atomic mass is 10.1. The normalized spacial score (nSPS) is 11.9. The van der Waals surface area contributed by atoms with Gasteiger partial charge in [-0.1, -0.05) is 30.1 Å². The van der Waals surface area contributed by atoms with Gasteiger partial charge >= 0.3 is 5.97 Å². The van der Waals surface area contributed by atoms with Crippen molar-refractivity contribution in [3.8, 4) is 11.3 Å². The standard InChI is InChI=1S/C15H15ClN2O4/c1-2-3-11(15(20)21)17-14(19)12-8-13(22-18-12)9-4-6-10(16)7-5-9/h4-8,11H,2-3H2,1H3,(H,17,19)(H,20,21). The second-order valence-electron chi connectivity index (χ2n) is 4.74. The molecule has 2 aromatic rings. The number of carbonyl (C=O) groups is 2. The van der Waals surface area contributed by atoms with Crippen LogP contribution in [0.5, 0.6) is 0 Å². The van der Waals surface area contributed by atoms with Crippen molar-refractivity contribution in [2.45, 2.75) is 25.8 Å². The molecule has 0 saturated carbocycles. The number of aromatic nitrogens is 1. The van der Waals surface area contributed by atoms with E-state index in [9.17, 15) is 9.59 Å². The van der Waals surface area contributed by atoms with Crippen LogP contribution in [0, 0.1) is 0 Å². The lowest BCUT2D eigenvalue weighted by Crippen LogP contribution is -2.40. The number of nitrogens with zero attached hydrogens (tertiary/aromatic N) is 1. The fraction of sp³-hybridized carbons (Fsp3) is 0.267. The average Bonchev–Trinajstić information content (AvgIpc) is 2.97. The van der Waals surface area contributed by atoms with E-state index in [1.807, 2.05) is 6.92 Å². The van der Waals surface area contributed by atoms with Gasteiger partial charge in [0.05, 0.1) is 0 Å². The van der Waals surface area contributed by atoms with Crippen molar-refractivity contribution < 1.29 is 19.2 Å². The van der Waals surface area contributed by atoms with E-state index in [1.165, 1.54) is 6.07 Å². The smallest absolute Gasteiger partial charge is 0.326 e. The highest BCUT2D eigenvalue weighted by Crippen LogP contribution is 2.22. The molecule has 0 saturated heterocycles. The predicted octanol–water partition coefficient (Wildman–Crippen LogP) is 2.98. The van der Waals surface area contributed by atoms with E-state index in [-0.39, 0.29) is 5.69 Å². The Morgan fingerprint density at radius 1 is 1.36 bits per heavy atom. The van der Waals surface area contributed by atoms with Crippen LogP contribution in [-0.2, 0) is 4.79 Å². The number of hydrogen-bond acceptors (Lipinski definition) is 4. The van der Waals surface area contributed by atoms with Crippen molar-refractivity contribution in [3.63, 3.8) is 0 Å². The predicted molar refractivity (Wildman–Crippen MR) is 80.7 cm³/mol. The number of benzene rings is 1. The molecule has 2 N–H and O–H groups in total. The molecular weight excluding hydrogens is 308 g/mol. The van der Waals surface area contributed by atoms with Gasteiger partial charge in [0.15, 0.2) is 11.5 Å². The monoisotopic (exact) mass is 322 g/mol. The number of nitrogens with one attached hydrogen (secondary N) is 1. The largest absolute Gasteiger partial charge is 0.480 e. The zero-order valence-corrected chi connectivity index (χ0v) is 12.6. The highest BCUT2D eigenvalue weighted by atomic mass is 35.5. The van der Waals surface area contributed by atoms with Gasteiger partial charge in [-0.05, 0) is 30.7 Å². The van der Waals surface area contributed by atoms with Crippen molar-refractivity contribution in [2.75, 3.05) is 0 Å². The molecule has 0 fully saturated rings. The first-order valence-electron chi connectivity index (χ1n) is 6.77. The molecule has 0 radical (unpaired) electrons. The zero-order chi connectivity index (χ0) is 16.1. The van der Waals surface area contributed by atoms with Crippen LogP contribution in [0.2, 0.25) is 5.02 Å². The molecule has 0 aliphatic carbocycles. The Morgan fingerprint density at radius 3 is 2.64 bits per heavy atom. The molecule has 1 heterocycles. The lowest BCUT2D eigenvalue weighted by molar-refractivity contribution is -0.139. The van der Waals surface area contributed by atoms with Gasteiger partial charge in [-0.2, -0.15) is 0 Å². The maximum absolute atomic E-state index is 12.0. The summed E-state index contributed by atoms with van der Waals surface area (Å²) in [6, 6.07) is 7.39. The Balaban J connectivity index is 2.11. The molecule has 7 heteroatoms. The maximum atomic E-state index is 12.0. The molecule has 1 amide bonds. The molecule has 6 nitrogen and oxygen atoms in total. The van der Waals surface area contributed by atoms with Crippen molar-refractivity contribution >= 4 is 23.5 Å². The van der Waals surface area contributed by atoms with Gasteiger partial charge < -0.3 is 14.9 Å². The number of rotatable bonds is 6. The first-order chi connectivity index (χ1) is 10.5. The number of aliphatic carboxylic acids is 1. The van der Waals surface area contributed by atoms with Crippen LogP contribution >= 0.6 is 11.6 Å². The number of amides is 1. The molecular formula is C15H15ClN2O4. The number of hydrogen-bond donors (Lipinski definition) is 2. The second kappa shape index (κ2) is 7.09. The van der Waals surface area contributed by atoms with Gasteiger partial charge in [0, 0.05) is 16.7 Å². The SMILES string of the molecule is CCCC(NC(=O)c1cc(-c2ccc(Cl)cc2)on1)C(=O)O. The Hall–Kier alpha value is -2.34. The fourth-order valence-electron chi connectivity index (χ4n) is 1.91. The number of carboxylic acid groups (broad SMARTS) is 1. The van der Waals surface area contributed by atoms with Crippen LogP contribution in [0.15, 0.2) is 34.9 Å². The number of halogens is 1. The molecule has 0 aliphatic heterocycles. The van der Waals surface area contributed by atoms with Gasteiger partial charge in [0.25, 0.3) is 5.91 Å². The second-order valence-corrected chi connectivity index (χ2v) is 5.17. The summed E-state index contributed by atoms with van der Waals surface area (Å²) in [5, 5.41) is 15.7. The molecule has 1 atom stereocenters. The van der Waals surface area contributed by atoms with Gasteiger partial charge in [-0.15, -0.1) is 0 Å². The Kier molecular flexibility index (Phi) is 5.16. The Bertz CT molecular complexity index is 666. The minimum Gasteiger partial charge on any atom is -0.480 e. The Labute approximate surface area is 132 Å². The third-order valence-electron chi connectivity index (χ3n) is 3.05. The van der Waals surface area contributed by atoms with E-state index in [1.54, 1.807) is 24.3 Å². The van der Waals surface area contributed by atoms with Crippen LogP contribution in [-0.4, -0.2) is 28.2 Å². The van der Waals surface area contributed by atoms with E-state index < -0.39 is 17.9 Å². The Morgan fingerprint density at radius 2 is 2.05 bits per heavy atom. The summed E-state index contributed by atoms with van der Waals surface area (Å²) >= 11 is 5.81. The highest BCUT2D eigenvalue weighted by molar-refractivity contribution is 6.30. The van der Waals surface area contributed by atoms with Gasteiger partial charge in [-0.25, -0.2) is 4.79 Å². The summed E-state index contributed by atoms with van der Waals surface area (Å²) in [7, 11) is 0. The van der Waals surface area contributed by atoms with E-state index in [0.717, 1.165) is 5.56 Å². The van der Waals surface area contributed by atoms with Gasteiger partial charge in [0.2, 0.25) is 0 Å². The average molecular weight is 323 g/mol. The quantitative estimate of drug-likeness (QED) is 0.853. The molecule has 0 spiro atoms. The van der Waals surface area contributed by atoms with E-state index >= 15 is 0 Å². The van der Waals surface area contributed by atoms with Crippen molar-refractivity contribution in [3.05, 3.63) is 41.0 Å². The third kappa shape index (κ3) is 3.85. The summed E-state index contributed by atoms with van der Waals surface area (Å²) in [5.41, 5.74) is 0.756. The van der Waals surface area contributed by atoms with Crippen molar-refractivity contribution in [1.29, 1.82) is 0 Å².